The average molecular weight is 209 g/mol. The Morgan fingerprint density at radius 1 is 1.36 bits per heavy atom. The monoisotopic (exact) mass is 209 g/mol. The van der Waals surface area contributed by atoms with Gasteiger partial charge >= 0.3 is 0 Å². The topological polar surface area (TPSA) is 33.1 Å². The van der Waals surface area contributed by atoms with Crippen molar-refractivity contribution >= 4 is 11.3 Å². The molecule has 0 bridgehead atoms. The second kappa shape index (κ2) is 2.80. The van der Waals surface area contributed by atoms with E-state index in [-0.39, 0.29) is 0 Å². The lowest BCUT2D eigenvalue weighted by atomic mass is 9.89. The van der Waals surface area contributed by atoms with E-state index < -0.39 is 5.60 Å². The Balaban J connectivity index is 1.98. The summed E-state index contributed by atoms with van der Waals surface area (Å²) in [7, 11) is 0. The molecule has 3 heteroatoms. The average Bonchev–Trinajstić information content (AvgIpc) is 3.01. The summed E-state index contributed by atoms with van der Waals surface area (Å²) in [5.41, 5.74) is 0.384. The Hall–Kier alpha value is -0.410. The van der Waals surface area contributed by atoms with Crippen molar-refractivity contribution in [2.45, 2.75) is 38.2 Å². The molecule has 0 aromatic carbocycles. The van der Waals surface area contributed by atoms with Crippen LogP contribution in [0.25, 0.3) is 0 Å². The third-order valence-corrected chi connectivity index (χ3v) is 4.20. The van der Waals surface area contributed by atoms with E-state index in [1.54, 1.807) is 11.3 Å². The van der Waals surface area contributed by atoms with Gasteiger partial charge < -0.3 is 5.11 Å². The van der Waals surface area contributed by atoms with Crippen LogP contribution < -0.4 is 0 Å². The van der Waals surface area contributed by atoms with Crippen LogP contribution in [0.3, 0.4) is 0 Å². The van der Waals surface area contributed by atoms with Gasteiger partial charge in [-0.2, -0.15) is 0 Å². The minimum atomic E-state index is -0.565. The summed E-state index contributed by atoms with van der Waals surface area (Å²) in [6, 6.07) is 0. The summed E-state index contributed by atoms with van der Waals surface area (Å²) < 4.78 is 0. The van der Waals surface area contributed by atoms with Crippen molar-refractivity contribution in [3.05, 3.63) is 16.1 Å². The maximum absolute atomic E-state index is 10.7. The van der Waals surface area contributed by atoms with E-state index in [2.05, 4.69) is 4.98 Å². The highest BCUT2D eigenvalue weighted by Gasteiger charge is 2.55. The van der Waals surface area contributed by atoms with Gasteiger partial charge in [0, 0.05) is 5.38 Å². The molecule has 2 nitrogen and oxygen atoms in total. The second-order valence-corrected chi connectivity index (χ2v) is 5.69. The number of rotatable bonds is 3. The molecule has 0 spiro atoms. The van der Waals surface area contributed by atoms with Crippen LogP contribution in [0.2, 0.25) is 0 Å². The van der Waals surface area contributed by atoms with E-state index >= 15 is 0 Å². The number of hydrogen-bond acceptors (Lipinski definition) is 3. The maximum Gasteiger partial charge on any atom is 0.113 e. The number of aryl methyl sites for hydroxylation is 1. The van der Waals surface area contributed by atoms with Gasteiger partial charge in [0.15, 0.2) is 0 Å². The first kappa shape index (κ1) is 8.86. The lowest BCUT2D eigenvalue weighted by Gasteiger charge is -2.26. The largest absolute Gasteiger partial charge is 0.383 e. The molecule has 1 aromatic heterocycles. The van der Waals surface area contributed by atoms with Crippen molar-refractivity contribution in [2.24, 2.45) is 11.8 Å². The molecule has 0 amide bonds. The van der Waals surface area contributed by atoms with Gasteiger partial charge in [-0.3, -0.25) is 0 Å². The number of aliphatic hydroxyl groups is 1. The minimum Gasteiger partial charge on any atom is -0.383 e. The summed E-state index contributed by atoms with van der Waals surface area (Å²) in [6.07, 6.45) is 4.74. The van der Waals surface area contributed by atoms with Gasteiger partial charge in [-0.1, -0.05) is 0 Å². The predicted octanol–water partition coefficient (Wildman–Crippen LogP) is 2.46. The van der Waals surface area contributed by atoms with Gasteiger partial charge in [-0.15, -0.1) is 11.3 Å². The highest BCUT2D eigenvalue weighted by Crippen LogP contribution is 2.57. The molecule has 1 heterocycles. The third-order valence-electron chi connectivity index (χ3n) is 3.43. The fraction of sp³-hybridized carbons (Fsp3) is 0.727. The summed E-state index contributed by atoms with van der Waals surface area (Å²) in [5, 5.41) is 13.8. The Labute approximate surface area is 88.0 Å². The van der Waals surface area contributed by atoms with E-state index in [0.717, 1.165) is 10.7 Å². The molecule has 0 aliphatic heterocycles. The van der Waals surface area contributed by atoms with Crippen LogP contribution in [0.5, 0.6) is 0 Å². The molecular weight excluding hydrogens is 194 g/mol. The Kier molecular flexibility index (Phi) is 1.77. The van der Waals surface area contributed by atoms with E-state index in [1.807, 2.05) is 12.3 Å². The van der Waals surface area contributed by atoms with Crippen molar-refractivity contribution in [1.29, 1.82) is 0 Å². The molecule has 2 aliphatic carbocycles. The third kappa shape index (κ3) is 1.22. The minimum absolute atomic E-state index is 0.497. The van der Waals surface area contributed by atoms with Gasteiger partial charge in [-0.25, -0.2) is 4.98 Å². The molecule has 0 atom stereocenters. The lowest BCUT2D eigenvalue weighted by Crippen LogP contribution is -2.31. The molecule has 3 rings (SSSR count). The van der Waals surface area contributed by atoms with Crippen molar-refractivity contribution < 1.29 is 5.11 Å². The van der Waals surface area contributed by atoms with Crippen LogP contribution in [0.4, 0.5) is 0 Å². The van der Waals surface area contributed by atoms with Gasteiger partial charge in [0.25, 0.3) is 0 Å². The summed E-state index contributed by atoms with van der Waals surface area (Å²) in [4.78, 5) is 4.47. The standard InChI is InChI=1S/C11H15NOS/c1-7-12-10(6-14-7)11(13,8-2-3-8)9-4-5-9/h6,8-9,13H,2-5H2,1H3. The van der Waals surface area contributed by atoms with E-state index in [0.29, 0.717) is 11.8 Å². The quantitative estimate of drug-likeness (QED) is 0.829. The first-order chi connectivity index (χ1) is 6.71. The summed E-state index contributed by atoms with van der Waals surface area (Å²) in [5.74, 6) is 0.994. The van der Waals surface area contributed by atoms with Crippen LogP contribution in [0, 0.1) is 18.8 Å². The van der Waals surface area contributed by atoms with Crippen LogP contribution in [0.1, 0.15) is 36.4 Å². The maximum atomic E-state index is 10.7. The van der Waals surface area contributed by atoms with Gasteiger partial charge in [0.1, 0.15) is 5.60 Å². The van der Waals surface area contributed by atoms with Gasteiger partial charge in [-0.05, 0) is 44.4 Å². The van der Waals surface area contributed by atoms with E-state index in [4.69, 9.17) is 0 Å². The Morgan fingerprint density at radius 2 is 1.93 bits per heavy atom. The van der Waals surface area contributed by atoms with Crippen LogP contribution in [-0.4, -0.2) is 10.1 Å². The molecule has 76 valence electrons. The Bertz CT molecular complexity index is 340. The van der Waals surface area contributed by atoms with Crippen molar-refractivity contribution in [3.63, 3.8) is 0 Å². The van der Waals surface area contributed by atoms with Gasteiger partial charge in [0.2, 0.25) is 0 Å². The molecule has 2 aliphatic rings. The number of thiazole rings is 1. The highest BCUT2D eigenvalue weighted by molar-refractivity contribution is 7.09. The number of nitrogens with zero attached hydrogens (tertiary/aromatic N) is 1. The predicted molar refractivity (Wildman–Crippen MR) is 56.2 cm³/mol. The Morgan fingerprint density at radius 3 is 2.29 bits per heavy atom. The molecule has 14 heavy (non-hydrogen) atoms. The van der Waals surface area contributed by atoms with Crippen LogP contribution in [0.15, 0.2) is 5.38 Å². The van der Waals surface area contributed by atoms with Crippen molar-refractivity contribution in [1.82, 2.24) is 4.98 Å². The summed E-state index contributed by atoms with van der Waals surface area (Å²) >= 11 is 1.65. The van der Waals surface area contributed by atoms with E-state index in [1.165, 1.54) is 25.7 Å². The zero-order valence-electron chi connectivity index (χ0n) is 8.36. The van der Waals surface area contributed by atoms with Gasteiger partial charge in [0.05, 0.1) is 10.7 Å². The smallest absolute Gasteiger partial charge is 0.113 e. The molecule has 0 unspecified atom stereocenters. The highest BCUT2D eigenvalue weighted by atomic mass is 32.1. The van der Waals surface area contributed by atoms with Crippen LogP contribution in [-0.2, 0) is 5.60 Å². The number of aromatic nitrogens is 1. The lowest BCUT2D eigenvalue weighted by molar-refractivity contribution is -0.0139. The fourth-order valence-electron chi connectivity index (χ4n) is 2.35. The van der Waals surface area contributed by atoms with Crippen molar-refractivity contribution in [3.8, 4) is 0 Å². The van der Waals surface area contributed by atoms with E-state index in [9.17, 15) is 5.11 Å². The molecule has 2 saturated carbocycles. The molecular formula is C11H15NOS. The molecule has 1 aromatic rings. The molecule has 0 radical (unpaired) electrons. The first-order valence-electron chi connectivity index (χ1n) is 5.36. The zero-order valence-corrected chi connectivity index (χ0v) is 9.18. The summed E-state index contributed by atoms with van der Waals surface area (Å²) in [6.45, 7) is 2.01. The first-order valence-corrected chi connectivity index (χ1v) is 6.24. The number of hydrogen-bond donors (Lipinski definition) is 1. The SMILES string of the molecule is Cc1nc(C(O)(C2CC2)C2CC2)cs1. The second-order valence-electron chi connectivity index (χ2n) is 4.63. The normalized spacial score (nSPS) is 22.7. The molecule has 2 fully saturated rings. The molecule has 0 saturated heterocycles. The zero-order chi connectivity index (χ0) is 9.76. The molecule has 1 N–H and O–H groups in total. The van der Waals surface area contributed by atoms with Crippen molar-refractivity contribution in [2.75, 3.05) is 0 Å². The van der Waals surface area contributed by atoms with Crippen LogP contribution >= 0.6 is 11.3 Å². The fourth-order valence-corrected chi connectivity index (χ4v) is 3.02.